The molecule has 0 saturated carbocycles. The van der Waals surface area contributed by atoms with Crippen LogP contribution in [0.2, 0.25) is 5.02 Å². The van der Waals surface area contributed by atoms with Crippen molar-refractivity contribution in [2.75, 3.05) is 33.3 Å². The van der Waals surface area contributed by atoms with E-state index in [2.05, 4.69) is 0 Å². The quantitative estimate of drug-likeness (QED) is 0.836. The summed E-state index contributed by atoms with van der Waals surface area (Å²) in [6, 6.07) is 5.06. The first-order valence-electron chi connectivity index (χ1n) is 8.33. The smallest absolute Gasteiger partial charge is 0.253 e. The minimum atomic E-state index is -0.0577. The average molecular weight is 353 g/mol. The number of amides is 2. The third-order valence-corrected chi connectivity index (χ3v) is 4.41. The fraction of sp³-hybridized carbons (Fsp3) is 0.556. The molecule has 1 fully saturated rings. The number of carbonyl (C=O) groups excluding carboxylic acids is 2. The maximum absolute atomic E-state index is 12.7. The Morgan fingerprint density at radius 3 is 2.46 bits per heavy atom. The van der Waals surface area contributed by atoms with E-state index < -0.39 is 0 Å². The molecule has 1 aromatic rings. The van der Waals surface area contributed by atoms with Crippen LogP contribution in [0.5, 0.6) is 5.75 Å². The first-order valence-corrected chi connectivity index (χ1v) is 8.70. The molecule has 2 amide bonds. The lowest BCUT2D eigenvalue weighted by Gasteiger charge is -2.23. The second kappa shape index (κ2) is 8.38. The summed E-state index contributed by atoms with van der Waals surface area (Å²) in [5, 5.41) is 0.423. The predicted molar refractivity (Wildman–Crippen MR) is 94.6 cm³/mol. The number of hydrogen-bond donors (Lipinski definition) is 0. The van der Waals surface area contributed by atoms with Crippen LogP contribution in [0.25, 0.3) is 0 Å². The SMILES string of the molecule is COc1ccc(C(=O)N2CCCN(C(=O)CC(C)C)CC2)cc1Cl. The molecule has 1 aromatic carbocycles. The van der Waals surface area contributed by atoms with Gasteiger partial charge in [0.2, 0.25) is 5.91 Å². The molecule has 2 rings (SSSR count). The van der Waals surface area contributed by atoms with Gasteiger partial charge in [-0.05, 0) is 30.5 Å². The van der Waals surface area contributed by atoms with Gasteiger partial charge in [0.15, 0.2) is 0 Å². The van der Waals surface area contributed by atoms with E-state index >= 15 is 0 Å². The molecule has 0 aliphatic carbocycles. The summed E-state index contributed by atoms with van der Waals surface area (Å²) in [5.41, 5.74) is 0.544. The molecule has 132 valence electrons. The third-order valence-electron chi connectivity index (χ3n) is 4.12. The van der Waals surface area contributed by atoms with Crippen molar-refractivity contribution in [3.63, 3.8) is 0 Å². The van der Waals surface area contributed by atoms with Crippen molar-refractivity contribution in [2.24, 2.45) is 5.92 Å². The lowest BCUT2D eigenvalue weighted by molar-refractivity contribution is -0.131. The normalized spacial score (nSPS) is 15.4. The molecule has 1 aliphatic heterocycles. The number of halogens is 1. The zero-order valence-corrected chi connectivity index (χ0v) is 15.3. The highest BCUT2D eigenvalue weighted by Crippen LogP contribution is 2.25. The van der Waals surface area contributed by atoms with E-state index in [-0.39, 0.29) is 11.8 Å². The van der Waals surface area contributed by atoms with E-state index in [0.29, 0.717) is 54.9 Å². The minimum absolute atomic E-state index is 0.0577. The van der Waals surface area contributed by atoms with E-state index in [4.69, 9.17) is 16.3 Å². The number of nitrogens with zero attached hydrogens (tertiary/aromatic N) is 2. The van der Waals surface area contributed by atoms with Crippen molar-refractivity contribution in [3.8, 4) is 5.75 Å². The molecule has 0 radical (unpaired) electrons. The van der Waals surface area contributed by atoms with Gasteiger partial charge in [0.05, 0.1) is 12.1 Å². The molecule has 1 saturated heterocycles. The topological polar surface area (TPSA) is 49.9 Å². The van der Waals surface area contributed by atoms with Gasteiger partial charge in [0.1, 0.15) is 5.75 Å². The highest BCUT2D eigenvalue weighted by molar-refractivity contribution is 6.32. The van der Waals surface area contributed by atoms with Crippen molar-refractivity contribution in [2.45, 2.75) is 26.7 Å². The molecular formula is C18H25ClN2O3. The van der Waals surface area contributed by atoms with Crippen LogP contribution in [0.1, 0.15) is 37.0 Å². The highest BCUT2D eigenvalue weighted by atomic mass is 35.5. The molecule has 0 N–H and O–H groups in total. The monoisotopic (exact) mass is 352 g/mol. The third kappa shape index (κ3) is 4.63. The van der Waals surface area contributed by atoms with Crippen LogP contribution in [0, 0.1) is 5.92 Å². The van der Waals surface area contributed by atoms with Crippen molar-refractivity contribution < 1.29 is 14.3 Å². The number of rotatable bonds is 4. The maximum Gasteiger partial charge on any atom is 0.253 e. The summed E-state index contributed by atoms with van der Waals surface area (Å²) in [5.74, 6) is 1.01. The van der Waals surface area contributed by atoms with Crippen LogP contribution in [0.15, 0.2) is 18.2 Å². The Morgan fingerprint density at radius 2 is 1.83 bits per heavy atom. The van der Waals surface area contributed by atoms with Gasteiger partial charge < -0.3 is 14.5 Å². The first kappa shape index (κ1) is 18.6. The average Bonchev–Trinajstić information content (AvgIpc) is 2.79. The Kier molecular flexibility index (Phi) is 6.49. The Hall–Kier alpha value is -1.75. The summed E-state index contributed by atoms with van der Waals surface area (Å²) in [7, 11) is 1.54. The van der Waals surface area contributed by atoms with Crippen LogP contribution in [-0.2, 0) is 4.79 Å². The summed E-state index contributed by atoms with van der Waals surface area (Å²) < 4.78 is 5.12. The molecule has 6 heteroatoms. The number of ether oxygens (including phenoxy) is 1. The summed E-state index contributed by atoms with van der Waals surface area (Å²) >= 11 is 6.11. The number of benzene rings is 1. The molecule has 5 nitrogen and oxygen atoms in total. The van der Waals surface area contributed by atoms with Gasteiger partial charge in [-0.1, -0.05) is 25.4 Å². The maximum atomic E-state index is 12.7. The van der Waals surface area contributed by atoms with Crippen molar-refractivity contribution in [1.29, 1.82) is 0 Å². The molecule has 0 atom stereocenters. The molecule has 1 aliphatic rings. The van der Waals surface area contributed by atoms with E-state index in [1.165, 1.54) is 0 Å². The standard InChI is InChI=1S/C18H25ClN2O3/c1-13(2)11-17(22)20-7-4-8-21(10-9-20)18(23)14-5-6-16(24-3)15(19)12-14/h5-6,12-13H,4,7-11H2,1-3H3. The predicted octanol–water partition coefficient (Wildman–Crippen LogP) is 3.07. The van der Waals surface area contributed by atoms with Crippen LogP contribution in [0.4, 0.5) is 0 Å². The van der Waals surface area contributed by atoms with Gasteiger partial charge in [-0.25, -0.2) is 0 Å². The second-order valence-corrected chi connectivity index (χ2v) is 6.88. The van der Waals surface area contributed by atoms with Crippen LogP contribution in [-0.4, -0.2) is 54.9 Å². The Bertz CT molecular complexity index is 604. The lowest BCUT2D eigenvalue weighted by Crippen LogP contribution is -2.37. The number of methoxy groups -OCH3 is 1. The first-order chi connectivity index (χ1) is 11.4. The van der Waals surface area contributed by atoms with Crippen LogP contribution < -0.4 is 4.74 Å². The van der Waals surface area contributed by atoms with Gasteiger partial charge in [0, 0.05) is 38.2 Å². The van der Waals surface area contributed by atoms with Gasteiger partial charge >= 0.3 is 0 Å². The number of hydrogen-bond acceptors (Lipinski definition) is 3. The highest BCUT2D eigenvalue weighted by Gasteiger charge is 2.23. The Labute approximate surface area is 148 Å². The van der Waals surface area contributed by atoms with Crippen molar-refractivity contribution >= 4 is 23.4 Å². The summed E-state index contributed by atoms with van der Waals surface area (Å²) in [6.45, 7) is 6.57. The van der Waals surface area contributed by atoms with Crippen LogP contribution in [0.3, 0.4) is 0 Å². The molecule has 24 heavy (non-hydrogen) atoms. The molecule has 0 aromatic heterocycles. The van der Waals surface area contributed by atoms with Gasteiger partial charge in [0.25, 0.3) is 5.91 Å². The summed E-state index contributed by atoms with van der Waals surface area (Å²) in [6.07, 6.45) is 1.35. The van der Waals surface area contributed by atoms with E-state index in [9.17, 15) is 9.59 Å². The van der Waals surface area contributed by atoms with Crippen LogP contribution >= 0.6 is 11.6 Å². The Morgan fingerprint density at radius 1 is 1.17 bits per heavy atom. The van der Waals surface area contributed by atoms with Crippen molar-refractivity contribution in [1.82, 2.24) is 9.80 Å². The van der Waals surface area contributed by atoms with Gasteiger partial charge in [-0.3, -0.25) is 9.59 Å². The molecule has 1 heterocycles. The largest absolute Gasteiger partial charge is 0.495 e. The second-order valence-electron chi connectivity index (χ2n) is 6.47. The minimum Gasteiger partial charge on any atom is -0.495 e. The fourth-order valence-corrected chi connectivity index (χ4v) is 3.09. The summed E-state index contributed by atoms with van der Waals surface area (Å²) in [4.78, 5) is 28.6. The molecule has 0 bridgehead atoms. The zero-order valence-electron chi connectivity index (χ0n) is 14.5. The molecular weight excluding hydrogens is 328 g/mol. The van der Waals surface area contributed by atoms with E-state index in [1.807, 2.05) is 18.7 Å². The molecule has 0 unspecified atom stereocenters. The van der Waals surface area contributed by atoms with E-state index in [0.717, 1.165) is 6.42 Å². The van der Waals surface area contributed by atoms with Gasteiger partial charge in [-0.2, -0.15) is 0 Å². The zero-order chi connectivity index (χ0) is 17.7. The van der Waals surface area contributed by atoms with Crippen molar-refractivity contribution in [3.05, 3.63) is 28.8 Å². The lowest BCUT2D eigenvalue weighted by atomic mass is 10.1. The molecule has 0 spiro atoms. The Balaban J connectivity index is 2.01. The van der Waals surface area contributed by atoms with E-state index in [1.54, 1.807) is 30.2 Å². The number of carbonyl (C=O) groups is 2. The fourth-order valence-electron chi connectivity index (χ4n) is 2.83. The van der Waals surface area contributed by atoms with Gasteiger partial charge in [-0.15, -0.1) is 0 Å².